The highest BCUT2D eigenvalue weighted by Gasteiger charge is 2.39. The zero-order chi connectivity index (χ0) is 9.47. The van der Waals surface area contributed by atoms with Crippen molar-refractivity contribution in [3.8, 4) is 0 Å². The Morgan fingerprint density at radius 3 is 2.08 bits per heavy atom. The van der Waals surface area contributed by atoms with Crippen LogP contribution in [0.3, 0.4) is 0 Å². The van der Waals surface area contributed by atoms with Crippen LogP contribution in [0.4, 0.5) is 0 Å². The summed E-state index contributed by atoms with van der Waals surface area (Å²) in [5, 5.41) is 17.7. The summed E-state index contributed by atoms with van der Waals surface area (Å²) in [7, 11) is -1.39. The van der Waals surface area contributed by atoms with Crippen molar-refractivity contribution < 1.29 is 10.0 Å². The van der Waals surface area contributed by atoms with Crippen LogP contribution >= 0.6 is 0 Å². The van der Waals surface area contributed by atoms with E-state index in [0.29, 0.717) is 5.46 Å². The Kier molecular flexibility index (Phi) is 1.91. The summed E-state index contributed by atoms with van der Waals surface area (Å²) in [6, 6.07) is 7.13. The number of hydrogen-bond acceptors (Lipinski definition) is 3. The Bertz CT molecular complexity index is 306. The first-order valence-electron chi connectivity index (χ1n) is 4.37. The summed E-state index contributed by atoms with van der Waals surface area (Å²) in [4.78, 5) is 0. The molecule has 3 nitrogen and oxygen atoms in total. The van der Waals surface area contributed by atoms with Crippen molar-refractivity contribution >= 4 is 12.6 Å². The van der Waals surface area contributed by atoms with E-state index in [0.717, 1.165) is 18.4 Å². The van der Waals surface area contributed by atoms with E-state index in [1.807, 2.05) is 12.1 Å². The van der Waals surface area contributed by atoms with Crippen LogP contribution in [0.1, 0.15) is 18.4 Å². The van der Waals surface area contributed by atoms with Gasteiger partial charge in [-0.05, 0) is 23.9 Å². The first-order chi connectivity index (χ1) is 6.12. The lowest BCUT2D eigenvalue weighted by Crippen LogP contribution is -2.30. The second-order valence-corrected chi connectivity index (χ2v) is 3.65. The first kappa shape index (κ1) is 8.75. The van der Waals surface area contributed by atoms with Gasteiger partial charge in [0.05, 0.1) is 0 Å². The Labute approximate surface area is 77.3 Å². The Morgan fingerprint density at radius 2 is 1.69 bits per heavy atom. The van der Waals surface area contributed by atoms with Gasteiger partial charge >= 0.3 is 7.12 Å². The molecule has 0 heterocycles. The van der Waals surface area contributed by atoms with E-state index in [1.165, 1.54) is 0 Å². The molecule has 1 aliphatic rings. The van der Waals surface area contributed by atoms with E-state index in [9.17, 15) is 0 Å². The molecule has 0 saturated heterocycles. The fraction of sp³-hybridized carbons (Fsp3) is 0.333. The molecule has 0 aliphatic heterocycles. The summed E-state index contributed by atoms with van der Waals surface area (Å²) >= 11 is 0. The third kappa shape index (κ3) is 1.61. The molecule has 4 N–H and O–H groups in total. The molecule has 0 unspecified atom stereocenters. The monoisotopic (exact) mass is 177 g/mol. The minimum atomic E-state index is -1.39. The molecule has 4 heteroatoms. The maximum Gasteiger partial charge on any atom is 0.488 e. The maximum absolute atomic E-state index is 8.86. The van der Waals surface area contributed by atoms with Crippen molar-refractivity contribution in [2.45, 2.75) is 18.4 Å². The van der Waals surface area contributed by atoms with Gasteiger partial charge in [0.25, 0.3) is 0 Å². The molecule has 1 aliphatic carbocycles. The second kappa shape index (κ2) is 2.84. The van der Waals surface area contributed by atoms with Gasteiger partial charge in [-0.3, -0.25) is 0 Å². The molecule has 0 radical (unpaired) electrons. The Morgan fingerprint density at radius 1 is 1.15 bits per heavy atom. The van der Waals surface area contributed by atoms with E-state index in [-0.39, 0.29) is 5.54 Å². The van der Waals surface area contributed by atoms with Crippen molar-refractivity contribution in [1.82, 2.24) is 0 Å². The molecular formula is C9H12BNO2. The predicted octanol–water partition coefficient (Wildman–Crippen LogP) is -0.686. The Hall–Kier alpha value is -0.835. The van der Waals surface area contributed by atoms with Gasteiger partial charge < -0.3 is 15.8 Å². The molecule has 1 saturated carbocycles. The summed E-state index contributed by atoms with van der Waals surface area (Å²) in [5.74, 6) is 0. The molecule has 0 atom stereocenters. The normalized spacial score (nSPS) is 18.4. The lowest BCUT2D eigenvalue weighted by molar-refractivity contribution is 0.425. The third-order valence-electron chi connectivity index (χ3n) is 2.57. The number of benzene rings is 1. The van der Waals surface area contributed by atoms with Crippen molar-refractivity contribution in [2.75, 3.05) is 0 Å². The van der Waals surface area contributed by atoms with E-state index >= 15 is 0 Å². The van der Waals surface area contributed by atoms with Crippen LogP contribution in [0.5, 0.6) is 0 Å². The number of nitrogens with two attached hydrogens (primary N) is 1. The molecule has 2 rings (SSSR count). The molecule has 68 valence electrons. The highest BCUT2D eigenvalue weighted by atomic mass is 16.4. The molecule has 1 fully saturated rings. The highest BCUT2D eigenvalue weighted by Crippen LogP contribution is 2.42. The molecule has 0 spiro atoms. The van der Waals surface area contributed by atoms with Gasteiger partial charge in [-0.1, -0.05) is 24.3 Å². The molecule has 1 aromatic rings. The molecular weight excluding hydrogens is 165 g/mol. The number of hydrogen-bond donors (Lipinski definition) is 3. The molecule has 13 heavy (non-hydrogen) atoms. The average Bonchev–Trinajstić information content (AvgIpc) is 2.85. The average molecular weight is 177 g/mol. The van der Waals surface area contributed by atoms with Gasteiger partial charge in [-0.2, -0.15) is 0 Å². The van der Waals surface area contributed by atoms with E-state index in [2.05, 4.69) is 0 Å². The van der Waals surface area contributed by atoms with Crippen molar-refractivity contribution in [1.29, 1.82) is 0 Å². The van der Waals surface area contributed by atoms with Crippen molar-refractivity contribution in [3.63, 3.8) is 0 Å². The van der Waals surface area contributed by atoms with Gasteiger partial charge in [0.1, 0.15) is 0 Å². The van der Waals surface area contributed by atoms with Crippen LogP contribution in [0.25, 0.3) is 0 Å². The van der Waals surface area contributed by atoms with Gasteiger partial charge in [-0.25, -0.2) is 0 Å². The zero-order valence-electron chi connectivity index (χ0n) is 7.27. The third-order valence-corrected chi connectivity index (χ3v) is 2.57. The minimum absolute atomic E-state index is 0.140. The van der Waals surface area contributed by atoms with E-state index in [4.69, 9.17) is 15.8 Å². The topological polar surface area (TPSA) is 66.5 Å². The SMILES string of the molecule is NC1(c2ccc(B(O)O)cc2)CC1. The van der Waals surface area contributed by atoms with Crippen LogP contribution in [0.15, 0.2) is 24.3 Å². The zero-order valence-corrected chi connectivity index (χ0v) is 7.27. The van der Waals surface area contributed by atoms with Crippen LogP contribution in [0, 0.1) is 0 Å². The minimum Gasteiger partial charge on any atom is -0.423 e. The molecule has 0 aromatic heterocycles. The van der Waals surface area contributed by atoms with Gasteiger partial charge in [0.2, 0.25) is 0 Å². The van der Waals surface area contributed by atoms with Crippen LogP contribution in [-0.4, -0.2) is 17.2 Å². The van der Waals surface area contributed by atoms with Gasteiger partial charge in [0.15, 0.2) is 0 Å². The lowest BCUT2D eigenvalue weighted by Gasteiger charge is -2.09. The first-order valence-corrected chi connectivity index (χ1v) is 4.37. The summed E-state index contributed by atoms with van der Waals surface area (Å²) in [6.07, 6.45) is 2.04. The summed E-state index contributed by atoms with van der Waals surface area (Å²) in [6.45, 7) is 0. The standard InChI is InChI=1S/C9H12BNO2/c11-9(5-6-9)7-1-3-8(4-2-7)10(12)13/h1-4,12-13H,5-6,11H2. The smallest absolute Gasteiger partial charge is 0.423 e. The lowest BCUT2D eigenvalue weighted by atomic mass is 9.79. The summed E-state index contributed by atoms with van der Waals surface area (Å²) < 4.78 is 0. The van der Waals surface area contributed by atoms with Crippen LogP contribution in [-0.2, 0) is 5.54 Å². The predicted molar refractivity (Wildman–Crippen MR) is 51.4 cm³/mol. The fourth-order valence-electron chi connectivity index (χ4n) is 1.41. The second-order valence-electron chi connectivity index (χ2n) is 3.65. The largest absolute Gasteiger partial charge is 0.488 e. The fourth-order valence-corrected chi connectivity index (χ4v) is 1.41. The Balaban J connectivity index is 2.24. The van der Waals surface area contributed by atoms with E-state index in [1.54, 1.807) is 12.1 Å². The molecule has 0 amide bonds. The van der Waals surface area contributed by atoms with Crippen LogP contribution < -0.4 is 11.2 Å². The van der Waals surface area contributed by atoms with E-state index < -0.39 is 7.12 Å². The van der Waals surface area contributed by atoms with Gasteiger partial charge in [0, 0.05) is 5.54 Å². The molecule has 0 bridgehead atoms. The van der Waals surface area contributed by atoms with Crippen molar-refractivity contribution in [2.24, 2.45) is 5.73 Å². The highest BCUT2D eigenvalue weighted by molar-refractivity contribution is 6.58. The number of rotatable bonds is 2. The van der Waals surface area contributed by atoms with Crippen molar-refractivity contribution in [3.05, 3.63) is 29.8 Å². The maximum atomic E-state index is 8.86. The molecule has 1 aromatic carbocycles. The quantitative estimate of drug-likeness (QED) is 0.524. The van der Waals surface area contributed by atoms with Crippen LogP contribution in [0.2, 0.25) is 0 Å². The summed E-state index contributed by atoms with van der Waals surface area (Å²) in [5.41, 5.74) is 7.42. The van der Waals surface area contributed by atoms with Gasteiger partial charge in [-0.15, -0.1) is 0 Å².